The summed E-state index contributed by atoms with van der Waals surface area (Å²) >= 11 is 0. The molecule has 1 fully saturated rings. The van der Waals surface area contributed by atoms with Gasteiger partial charge >= 0.3 is 0 Å². The molecule has 4 rings (SSSR count). The number of furan rings is 1. The zero-order chi connectivity index (χ0) is 20.9. The zero-order valence-corrected chi connectivity index (χ0v) is 17.8. The number of rotatable bonds is 8. The minimum Gasteiger partial charge on any atom is -0.462 e. The van der Waals surface area contributed by atoms with Crippen LogP contribution in [0.25, 0.3) is 10.9 Å². The van der Waals surface area contributed by atoms with E-state index in [2.05, 4.69) is 16.7 Å². The summed E-state index contributed by atoms with van der Waals surface area (Å²) in [5, 5.41) is 17.2. The van der Waals surface area contributed by atoms with Crippen molar-refractivity contribution in [3.8, 4) is 0 Å². The number of hydrogen-bond acceptors (Lipinski definition) is 7. The number of nitrogens with zero attached hydrogens (tertiary/aromatic N) is 3. The fourth-order valence-corrected chi connectivity index (χ4v) is 4.16. The first-order chi connectivity index (χ1) is 14.6. The van der Waals surface area contributed by atoms with Gasteiger partial charge in [0.15, 0.2) is 0 Å². The van der Waals surface area contributed by atoms with Gasteiger partial charge in [0.2, 0.25) is 5.95 Å². The highest BCUT2D eigenvalue weighted by Gasteiger charge is 2.22. The maximum absolute atomic E-state index is 9.07. The standard InChI is InChI=1S/C23H31N5O2/c1-28(2)22-20-5-3-4-6-21(20)26-23(27-22)25-17-9-7-16(8-10-17)13-24-14-18-11-12-19(15-29)30-18/h3-6,11-12,16-17,24,29H,7-10,13-15H2,1-2H3,(H,25,26,27)/t16-,17+. The van der Waals surface area contributed by atoms with Gasteiger partial charge in [-0.25, -0.2) is 4.98 Å². The SMILES string of the molecule is CN(C)c1nc(N[C@H]2CC[C@@H](CNCc3ccc(CO)o3)CC2)nc2ccccc12. The maximum Gasteiger partial charge on any atom is 0.225 e. The molecule has 0 radical (unpaired) electrons. The number of aromatic nitrogens is 2. The quantitative estimate of drug-likeness (QED) is 0.524. The molecular weight excluding hydrogens is 378 g/mol. The van der Waals surface area contributed by atoms with Crippen LogP contribution in [-0.4, -0.2) is 41.8 Å². The lowest BCUT2D eigenvalue weighted by atomic mass is 9.86. The van der Waals surface area contributed by atoms with Gasteiger partial charge in [0.05, 0.1) is 12.1 Å². The van der Waals surface area contributed by atoms with Gasteiger partial charge in [-0.05, 0) is 62.4 Å². The van der Waals surface area contributed by atoms with Crippen LogP contribution >= 0.6 is 0 Å². The highest BCUT2D eigenvalue weighted by molar-refractivity contribution is 5.90. The summed E-state index contributed by atoms with van der Waals surface area (Å²) < 4.78 is 5.52. The van der Waals surface area contributed by atoms with Gasteiger partial charge in [0.1, 0.15) is 23.9 Å². The van der Waals surface area contributed by atoms with Gasteiger partial charge in [-0.15, -0.1) is 0 Å². The number of aliphatic hydroxyl groups is 1. The number of nitrogens with one attached hydrogen (secondary N) is 2. The summed E-state index contributed by atoms with van der Waals surface area (Å²) in [4.78, 5) is 11.5. The number of fused-ring (bicyclic) bond motifs is 1. The second-order valence-corrected chi connectivity index (χ2v) is 8.30. The summed E-state index contributed by atoms with van der Waals surface area (Å²) in [5.74, 6) is 3.83. The van der Waals surface area contributed by atoms with Crippen LogP contribution in [-0.2, 0) is 13.2 Å². The highest BCUT2D eigenvalue weighted by Crippen LogP contribution is 2.28. The third-order valence-corrected chi connectivity index (χ3v) is 5.79. The van der Waals surface area contributed by atoms with Crippen LogP contribution in [0.2, 0.25) is 0 Å². The molecule has 2 aromatic heterocycles. The molecule has 3 aromatic rings. The third kappa shape index (κ3) is 4.91. The maximum atomic E-state index is 9.07. The summed E-state index contributed by atoms with van der Waals surface area (Å²) in [6.45, 7) is 1.64. The molecule has 160 valence electrons. The van der Waals surface area contributed by atoms with E-state index in [-0.39, 0.29) is 6.61 Å². The van der Waals surface area contributed by atoms with Crippen LogP contribution < -0.4 is 15.5 Å². The second kappa shape index (κ2) is 9.45. The number of benzene rings is 1. The first kappa shape index (κ1) is 20.6. The number of anilines is 2. The molecular formula is C23H31N5O2. The fraction of sp³-hybridized carbons (Fsp3) is 0.478. The van der Waals surface area contributed by atoms with Crippen molar-refractivity contribution in [2.24, 2.45) is 5.92 Å². The predicted molar refractivity (Wildman–Crippen MR) is 120 cm³/mol. The molecule has 1 saturated carbocycles. The summed E-state index contributed by atoms with van der Waals surface area (Å²) in [6, 6.07) is 12.3. The molecule has 0 amide bonds. The van der Waals surface area contributed by atoms with E-state index in [1.54, 1.807) is 0 Å². The van der Waals surface area contributed by atoms with Crippen molar-refractivity contribution in [3.63, 3.8) is 0 Å². The summed E-state index contributed by atoms with van der Waals surface area (Å²) in [5.41, 5.74) is 0.971. The average Bonchev–Trinajstić information content (AvgIpc) is 3.22. The van der Waals surface area contributed by atoms with E-state index in [1.165, 1.54) is 12.8 Å². The average molecular weight is 410 g/mol. The lowest BCUT2D eigenvalue weighted by molar-refractivity contribution is 0.242. The van der Waals surface area contributed by atoms with Crippen molar-refractivity contribution in [2.75, 3.05) is 30.9 Å². The molecule has 0 bridgehead atoms. The molecule has 0 unspecified atom stereocenters. The first-order valence-electron chi connectivity index (χ1n) is 10.7. The summed E-state index contributed by atoms with van der Waals surface area (Å²) in [6.07, 6.45) is 4.60. The molecule has 2 heterocycles. The monoisotopic (exact) mass is 409 g/mol. The molecule has 1 aliphatic carbocycles. The van der Waals surface area contributed by atoms with Crippen molar-refractivity contribution in [1.82, 2.24) is 15.3 Å². The lowest BCUT2D eigenvalue weighted by Gasteiger charge is -2.29. The van der Waals surface area contributed by atoms with Gasteiger partial charge in [0.25, 0.3) is 0 Å². The highest BCUT2D eigenvalue weighted by atomic mass is 16.4. The first-order valence-corrected chi connectivity index (χ1v) is 10.7. The van der Waals surface area contributed by atoms with E-state index < -0.39 is 0 Å². The Bertz CT molecular complexity index is 963. The largest absolute Gasteiger partial charge is 0.462 e. The van der Waals surface area contributed by atoms with Crippen LogP contribution in [0.5, 0.6) is 0 Å². The Morgan fingerprint density at radius 3 is 2.53 bits per heavy atom. The number of aliphatic hydroxyl groups excluding tert-OH is 1. The molecule has 1 aromatic carbocycles. The van der Waals surface area contributed by atoms with E-state index in [0.29, 0.717) is 24.3 Å². The van der Waals surface area contributed by atoms with Gasteiger partial charge in [0, 0.05) is 25.5 Å². The Morgan fingerprint density at radius 2 is 1.80 bits per heavy atom. The Morgan fingerprint density at radius 1 is 1.03 bits per heavy atom. The van der Waals surface area contributed by atoms with Crippen LogP contribution in [0.15, 0.2) is 40.8 Å². The van der Waals surface area contributed by atoms with E-state index in [1.807, 2.05) is 49.3 Å². The predicted octanol–water partition coefficient (Wildman–Crippen LogP) is 3.54. The Kier molecular flexibility index (Phi) is 6.50. The van der Waals surface area contributed by atoms with Crippen LogP contribution in [0.1, 0.15) is 37.2 Å². The number of hydrogen-bond donors (Lipinski definition) is 3. The van der Waals surface area contributed by atoms with Gasteiger partial charge in [-0.1, -0.05) is 12.1 Å². The molecule has 0 aliphatic heterocycles. The van der Waals surface area contributed by atoms with Crippen molar-refractivity contribution >= 4 is 22.7 Å². The molecule has 0 saturated heterocycles. The van der Waals surface area contributed by atoms with Crippen molar-refractivity contribution in [3.05, 3.63) is 47.9 Å². The Balaban J connectivity index is 1.28. The molecule has 0 atom stereocenters. The Labute approximate surface area is 177 Å². The molecule has 7 heteroatoms. The van der Waals surface area contributed by atoms with E-state index in [9.17, 15) is 0 Å². The fourth-order valence-electron chi connectivity index (χ4n) is 4.16. The van der Waals surface area contributed by atoms with Crippen LogP contribution in [0, 0.1) is 5.92 Å². The van der Waals surface area contributed by atoms with E-state index >= 15 is 0 Å². The zero-order valence-electron chi connectivity index (χ0n) is 17.8. The van der Waals surface area contributed by atoms with Gasteiger partial charge in [-0.3, -0.25) is 0 Å². The minimum absolute atomic E-state index is 0.0476. The molecule has 1 aliphatic rings. The molecule has 0 spiro atoms. The van der Waals surface area contributed by atoms with Crippen molar-refractivity contribution in [2.45, 2.75) is 44.9 Å². The third-order valence-electron chi connectivity index (χ3n) is 5.79. The molecule has 30 heavy (non-hydrogen) atoms. The van der Waals surface area contributed by atoms with E-state index in [4.69, 9.17) is 19.5 Å². The molecule has 7 nitrogen and oxygen atoms in total. The van der Waals surface area contributed by atoms with Gasteiger partial charge in [-0.2, -0.15) is 4.98 Å². The smallest absolute Gasteiger partial charge is 0.225 e. The van der Waals surface area contributed by atoms with Crippen molar-refractivity contribution in [1.29, 1.82) is 0 Å². The van der Waals surface area contributed by atoms with Crippen LogP contribution in [0.4, 0.5) is 11.8 Å². The number of para-hydroxylation sites is 1. The van der Waals surface area contributed by atoms with Crippen LogP contribution in [0.3, 0.4) is 0 Å². The summed E-state index contributed by atoms with van der Waals surface area (Å²) in [7, 11) is 4.04. The Hall–Kier alpha value is -2.64. The minimum atomic E-state index is -0.0476. The second-order valence-electron chi connectivity index (χ2n) is 8.30. The lowest BCUT2D eigenvalue weighted by Crippen LogP contribution is -2.31. The van der Waals surface area contributed by atoms with E-state index in [0.717, 1.165) is 47.8 Å². The van der Waals surface area contributed by atoms with Crippen molar-refractivity contribution < 1.29 is 9.52 Å². The topological polar surface area (TPSA) is 86.5 Å². The normalized spacial score (nSPS) is 19.2. The molecule has 3 N–H and O–H groups in total. The van der Waals surface area contributed by atoms with Gasteiger partial charge < -0.3 is 25.1 Å².